The molecule has 282 valence electrons. The fraction of sp³-hybridized carbons (Fsp3) is 0.0357. The smallest absolute Gasteiger partial charge is 0.159 e. The molecule has 1 aliphatic heterocycles. The van der Waals surface area contributed by atoms with Crippen LogP contribution in [0.4, 0.5) is 0 Å². The zero-order valence-corrected chi connectivity index (χ0v) is 32.9. The first kappa shape index (κ1) is 34.2. The molecule has 0 amide bonds. The number of para-hydroxylation sites is 1. The largest absolute Gasteiger partial charge is 0.456 e. The third-order valence-electron chi connectivity index (χ3n) is 12.3. The van der Waals surface area contributed by atoms with Crippen LogP contribution in [0.5, 0.6) is 0 Å². The van der Waals surface area contributed by atoms with Crippen molar-refractivity contribution in [3.8, 4) is 22.3 Å². The van der Waals surface area contributed by atoms with E-state index in [1.807, 2.05) is 6.07 Å². The minimum atomic E-state index is -0.318. The first-order valence-electron chi connectivity index (χ1n) is 20.5. The maximum atomic E-state index is 6.70. The van der Waals surface area contributed by atoms with Crippen LogP contribution in [0.1, 0.15) is 22.9 Å². The molecule has 0 saturated heterocycles. The number of hydrogen-bond donors (Lipinski definition) is 0. The summed E-state index contributed by atoms with van der Waals surface area (Å²) >= 11 is 0. The molecule has 0 fully saturated rings. The summed E-state index contributed by atoms with van der Waals surface area (Å²) in [6.07, 6.45) is -0.318. The molecule has 0 N–H and O–H groups in total. The summed E-state index contributed by atoms with van der Waals surface area (Å²) in [4.78, 5) is 13.1. The summed E-state index contributed by atoms with van der Waals surface area (Å²) < 4.78 is 6.70. The van der Waals surface area contributed by atoms with Gasteiger partial charge >= 0.3 is 0 Å². The molecule has 0 spiro atoms. The van der Waals surface area contributed by atoms with Crippen LogP contribution in [0.2, 0.25) is 0 Å². The van der Waals surface area contributed by atoms with Crippen LogP contribution >= 0.6 is 0 Å². The van der Waals surface area contributed by atoms with Crippen molar-refractivity contribution in [2.24, 2.45) is 9.98 Å². The monoisotopic (exact) mass is 767 g/mol. The summed E-state index contributed by atoms with van der Waals surface area (Å²) in [5, 5.41) is 12.0. The molecule has 1 unspecified atom stereocenters. The Morgan fingerprint density at radius 2 is 1.00 bits per heavy atom. The summed E-state index contributed by atoms with van der Waals surface area (Å²) in [7, 11) is 2.10. The summed E-state index contributed by atoms with van der Waals surface area (Å²) in [5.41, 5.74) is 9.22. The number of fused-ring (bicyclic) bond motifs is 10. The van der Waals surface area contributed by atoms with Gasteiger partial charge in [-0.05, 0) is 101 Å². The Morgan fingerprint density at radius 3 is 1.75 bits per heavy atom. The zero-order chi connectivity index (χ0) is 39.7. The standard InChI is InChI=1S/C56H37N3O/c1-59-55(38-26-23-37(24-27-38)35-13-3-2-4-14-35)57-54(58-56(59)41-28-25-36-15-5-6-16-39(36)31-41)42-33-49(53-48-21-11-12-22-51(48)60-52(53)34-42)40-29-30-47-45-19-8-7-17-43(45)44-18-9-10-20-46(44)50(47)32-40/h2-34,56H,1H3. The van der Waals surface area contributed by atoms with Crippen molar-refractivity contribution in [1.82, 2.24) is 4.90 Å². The average Bonchev–Trinajstić information content (AvgIpc) is 3.70. The Balaban J connectivity index is 1.08. The van der Waals surface area contributed by atoms with E-state index >= 15 is 0 Å². The summed E-state index contributed by atoms with van der Waals surface area (Å²) in [6, 6.07) is 71.5. The second-order valence-electron chi connectivity index (χ2n) is 15.8. The minimum Gasteiger partial charge on any atom is -0.456 e. The first-order chi connectivity index (χ1) is 29.6. The molecule has 60 heavy (non-hydrogen) atoms. The first-order valence-corrected chi connectivity index (χ1v) is 20.5. The lowest BCUT2D eigenvalue weighted by Crippen LogP contribution is -2.35. The van der Waals surface area contributed by atoms with E-state index in [2.05, 4.69) is 206 Å². The van der Waals surface area contributed by atoms with Crippen molar-refractivity contribution in [2.75, 3.05) is 7.05 Å². The van der Waals surface area contributed by atoms with E-state index in [0.29, 0.717) is 5.84 Å². The van der Waals surface area contributed by atoms with Crippen LogP contribution in [0.25, 0.3) is 87.3 Å². The van der Waals surface area contributed by atoms with E-state index in [1.165, 1.54) is 48.7 Å². The van der Waals surface area contributed by atoms with Crippen molar-refractivity contribution in [1.29, 1.82) is 0 Å². The lowest BCUT2D eigenvalue weighted by molar-refractivity contribution is 0.383. The number of hydrogen-bond acceptors (Lipinski definition) is 4. The highest BCUT2D eigenvalue weighted by atomic mass is 16.3. The highest BCUT2D eigenvalue weighted by Gasteiger charge is 2.28. The molecule has 0 saturated carbocycles. The molecule has 0 aliphatic carbocycles. The van der Waals surface area contributed by atoms with Gasteiger partial charge in [0.1, 0.15) is 17.0 Å². The van der Waals surface area contributed by atoms with Gasteiger partial charge in [0.2, 0.25) is 0 Å². The highest BCUT2D eigenvalue weighted by molar-refractivity contribution is 6.26. The predicted molar refractivity (Wildman–Crippen MR) is 251 cm³/mol. The van der Waals surface area contributed by atoms with Crippen LogP contribution in [0.3, 0.4) is 0 Å². The number of rotatable bonds is 5. The van der Waals surface area contributed by atoms with Crippen molar-refractivity contribution in [3.63, 3.8) is 0 Å². The van der Waals surface area contributed by atoms with Gasteiger partial charge in [0.15, 0.2) is 12.0 Å². The van der Waals surface area contributed by atoms with E-state index in [-0.39, 0.29) is 6.17 Å². The van der Waals surface area contributed by atoms with Crippen molar-refractivity contribution < 1.29 is 4.42 Å². The van der Waals surface area contributed by atoms with E-state index < -0.39 is 0 Å². The third-order valence-corrected chi connectivity index (χ3v) is 12.3. The van der Waals surface area contributed by atoms with Crippen LogP contribution in [-0.2, 0) is 0 Å². The van der Waals surface area contributed by atoms with Crippen molar-refractivity contribution in [2.45, 2.75) is 6.17 Å². The molecule has 12 rings (SSSR count). The molecule has 0 radical (unpaired) electrons. The molecule has 4 heteroatoms. The Bertz CT molecular complexity index is 3530. The van der Waals surface area contributed by atoms with Crippen molar-refractivity contribution >= 4 is 76.7 Å². The van der Waals surface area contributed by atoms with Gasteiger partial charge in [-0.3, -0.25) is 0 Å². The predicted octanol–water partition coefficient (Wildman–Crippen LogP) is 14.4. The summed E-state index contributed by atoms with van der Waals surface area (Å²) in [5.74, 6) is 1.52. The molecule has 1 aliphatic rings. The fourth-order valence-corrected chi connectivity index (χ4v) is 9.33. The van der Waals surface area contributed by atoms with E-state index in [1.54, 1.807) is 0 Å². The Morgan fingerprint density at radius 1 is 0.417 bits per heavy atom. The number of furan rings is 1. The quantitative estimate of drug-likeness (QED) is 0.164. The lowest BCUT2D eigenvalue weighted by atomic mass is 9.90. The summed E-state index contributed by atoms with van der Waals surface area (Å²) in [6.45, 7) is 0. The van der Waals surface area contributed by atoms with Crippen LogP contribution < -0.4 is 0 Å². The van der Waals surface area contributed by atoms with Gasteiger partial charge in [0, 0.05) is 28.9 Å². The zero-order valence-electron chi connectivity index (χ0n) is 32.9. The second kappa shape index (κ2) is 13.6. The van der Waals surface area contributed by atoms with Gasteiger partial charge < -0.3 is 9.32 Å². The van der Waals surface area contributed by atoms with Gasteiger partial charge in [-0.15, -0.1) is 0 Å². The van der Waals surface area contributed by atoms with Gasteiger partial charge in [-0.2, -0.15) is 0 Å². The number of benzene rings is 10. The molecular weight excluding hydrogens is 731 g/mol. The Hall–Kier alpha value is -7.82. The molecule has 0 bridgehead atoms. The van der Waals surface area contributed by atoms with Crippen LogP contribution in [0.15, 0.2) is 215 Å². The maximum absolute atomic E-state index is 6.70. The molecular formula is C56H37N3O. The second-order valence-corrected chi connectivity index (χ2v) is 15.8. The SMILES string of the molecule is CN1C(c2ccc(-c3ccccc3)cc2)=NC(c2cc(-c3ccc4c5ccccc5c5ccccc5c4c3)c3c(c2)oc2ccccc23)=NC1c1ccc2ccccc2c1. The number of nitrogens with zero attached hydrogens (tertiary/aromatic N) is 3. The lowest BCUT2D eigenvalue weighted by Gasteiger charge is -2.32. The topological polar surface area (TPSA) is 41.1 Å². The van der Waals surface area contributed by atoms with E-state index in [9.17, 15) is 0 Å². The number of amidine groups is 2. The fourth-order valence-electron chi connectivity index (χ4n) is 9.33. The van der Waals surface area contributed by atoms with Gasteiger partial charge in [0.25, 0.3) is 0 Å². The maximum Gasteiger partial charge on any atom is 0.159 e. The van der Waals surface area contributed by atoms with Crippen molar-refractivity contribution in [3.05, 3.63) is 217 Å². The molecule has 1 atom stereocenters. The Kier molecular flexibility index (Phi) is 7.79. The number of aliphatic imine (C=N–C) groups is 2. The Labute approximate surface area is 347 Å². The van der Waals surface area contributed by atoms with Gasteiger partial charge in [-0.1, -0.05) is 170 Å². The third kappa shape index (κ3) is 5.53. The average molecular weight is 768 g/mol. The van der Waals surface area contributed by atoms with Gasteiger partial charge in [0.05, 0.1) is 0 Å². The highest BCUT2D eigenvalue weighted by Crippen LogP contribution is 2.42. The van der Waals surface area contributed by atoms with Crippen LogP contribution in [-0.4, -0.2) is 23.6 Å². The van der Waals surface area contributed by atoms with E-state index in [4.69, 9.17) is 14.4 Å². The molecule has 4 nitrogen and oxygen atoms in total. The van der Waals surface area contributed by atoms with Gasteiger partial charge in [-0.25, -0.2) is 9.98 Å². The van der Waals surface area contributed by atoms with Crippen LogP contribution in [0, 0.1) is 0 Å². The normalized spacial score (nSPS) is 14.4. The molecule has 2 heterocycles. The minimum absolute atomic E-state index is 0.318. The molecule has 1 aromatic heterocycles. The molecule has 10 aromatic carbocycles. The van der Waals surface area contributed by atoms with E-state index in [0.717, 1.165) is 61.2 Å². The molecule has 11 aromatic rings.